The Balaban J connectivity index is 1.95. The lowest BCUT2D eigenvalue weighted by Crippen LogP contribution is -1.92. The fraction of sp³-hybridized carbons (Fsp3) is 0.0714. The molecule has 18 heavy (non-hydrogen) atoms. The van der Waals surface area contributed by atoms with Crippen molar-refractivity contribution < 1.29 is 8.78 Å². The summed E-state index contributed by atoms with van der Waals surface area (Å²) in [6.07, 6.45) is 3.98. The molecule has 0 spiro atoms. The summed E-state index contributed by atoms with van der Waals surface area (Å²) in [6, 6.07) is 7.42. The van der Waals surface area contributed by atoms with Gasteiger partial charge in [0.15, 0.2) is 0 Å². The summed E-state index contributed by atoms with van der Waals surface area (Å²) >= 11 is 0. The van der Waals surface area contributed by atoms with Crippen molar-refractivity contribution in [2.24, 2.45) is 0 Å². The summed E-state index contributed by atoms with van der Waals surface area (Å²) in [6.45, 7) is 0. The Morgan fingerprint density at radius 3 is 2.56 bits per heavy atom. The number of rotatable bonds is 2. The number of hydrogen-bond donors (Lipinski definition) is 1. The van der Waals surface area contributed by atoms with Crippen LogP contribution in [-0.2, 0) is 6.42 Å². The van der Waals surface area contributed by atoms with E-state index in [-0.39, 0.29) is 0 Å². The number of hydrogen-bond acceptors (Lipinski definition) is 1. The van der Waals surface area contributed by atoms with E-state index in [4.69, 9.17) is 0 Å². The van der Waals surface area contributed by atoms with Crippen molar-refractivity contribution >= 4 is 11.0 Å². The highest BCUT2D eigenvalue weighted by atomic mass is 19.1. The van der Waals surface area contributed by atoms with Gasteiger partial charge < -0.3 is 4.98 Å². The molecule has 90 valence electrons. The van der Waals surface area contributed by atoms with Crippen LogP contribution in [0.5, 0.6) is 0 Å². The summed E-state index contributed by atoms with van der Waals surface area (Å²) in [5, 5.41) is 0.990. The molecule has 0 saturated heterocycles. The van der Waals surface area contributed by atoms with Crippen molar-refractivity contribution in [1.29, 1.82) is 0 Å². The molecule has 1 N–H and O–H groups in total. The van der Waals surface area contributed by atoms with Gasteiger partial charge in [0, 0.05) is 23.8 Å². The number of H-pyrrole nitrogens is 1. The van der Waals surface area contributed by atoms with Crippen molar-refractivity contribution in [3.05, 3.63) is 65.5 Å². The molecule has 0 bridgehead atoms. The van der Waals surface area contributed by atoms with Gasteiger partial charge in [0.1, 0.15) is 17.3 Å². The average molecular weight is 244 g/mol. The van der Waals surface area contributed by atoms with Crippen molar-refractivity contribution in [2.75, 3.05) is 0 Å². The third kappa shape index (κ3) is 2.09. The van der Waals surface area contributed by atoms with Gasteiger partial charge in [-0.1, -0.05) is 0 Å². The van der Waals surface area contributed by atoms with Crippen LogP contribution in [0.2, 0.25) is 0 Å². The minimum Gasteiger partial charge on any atom is -0.346 e. The van der Waals surface area contributed by atoms with Gasteiger partial charge in [0.25, 0.3) is 0 Å². The lowest BCUT2D eigenvalue weighted by Gasteiger charge is -2.03. The van der Waals surface area contributed by atoms with Crippen LogP contribution in [-0.4, -0.2) is 9.97 Å². The molecular weight excluding hydrogens is 234 g/mol. The first-order valence-corrected chi connectivity index (χ1v) is 5.58. The summed E-state index contributed by atoms with van der Waals surface area (Å²) in [7, 11) is 0. The van der Waals surface area contributed by atoms with E-state index in [0.717, 1.165) is 22.7 Å². The first-order chi connectivity index (χ1) is 8.70. The fourth-order valence-electron chi connectivity index (χ4n) is 2.03. The molecule has 2 heterocycles. The number of nitrogens with zero attached hydrogens (tertiary/aromatic N) is 1. The minimum absolute atomic E-state index is 0.461. The first-order valence-electron chi connectivity index (χ1n) is 5.58. The van der Waals surface area contributed by atoms with Gasteiger partial charge in [-0.3, -0.25) is 0 Å². The third-order valence-corrected chi connectivity index (χ3v) is 2.79. The van der Waals surface area contributed by atoms with E-state index in [2.05, 4.69) is 9.97 Å². The van der Waals surface area contributed by atoms with Crippen molar-refractivity contribution in [3.8, 4) is 0 Å². The van der Waals surface area contributed by atoms with Crippen LogP contribution in [0.1, 0.15) is 11.1 Å². The van der Waals surface area contributed by atoms with E-state index in [0.29, 0.717) is 12.0 Å². The van der Waals surface area contributed by atoms with Gasteiger partial charge in [-0.15, -0.1) is 0 Å². The van der Waals surface area contributed by atoms with Crippen LogP contribution >= 0.6 is 0 Å². The Labute approximate surface area is 102 Å². The molecule has 0 amide bonds. The summed E-state index contributed by atoms with van der Waals surface area (Å²) in [5.41, 5.74) is 2.33. The topological polar surface area (TPSA) is 28.7 Å². The monoisotopic (exact) mass is 244 g/mol. The van der Waals surface area contributed by atoms with Crippen LogP contribution < -0.4 is 0 Å². The molecule has 4 heteroatoms. The van der Waals surface area contributed by atoms with Gasteiger partial charge in [-0.2, -0.15) is 0 Å². The zero-order chi connectivity index (χ0) is 12.5. The zero-order valence-corrected chi connectivity index (χ0v) is 9.45. The molecule has 2 aromatic heterocycles. The maximum absolute atomic E-state index is 13.1. The maximum atomic E-state index is 13.1. The lowest BCUT2D eigenvalue weighted by atomic mass is 10.1. The van der Waals surface area contributed by atoms with Gasteiger partial charge in [-0.05, 0) is 41.8 Å². The van der Waals surface area contributed by atoms with Gasteiger partial charge in [0.2, 0.25) is 0 Å². The van der Waals surface area contributed by atoms with Gasteiger partial charge in [0.05, 0.1) is 0 Å². The Kier molecular flexibility index (Phi) is 2.55. The smallest absolute Gasteiger partial charge is 0.137 e. The normalized spacial score (nSPS) is 11.0. The van der Waals surface area contributed by atoms with E-state index in [9.17, 15) is 8.78 Å². The Morgan fingerprint density at radius 2 is 1.78 bits per heavy atom. The molecule has 1 aromatic carbocycles. The summed E-state index contributed by atoms with van der Waals surface area (Å²) in [4.78, 5) is 7.24. The van der Waals surface area contributed by atoms with E-state index >= 15 is 0 Å². The van der Waals surface area contributed by atoms with Crippen LogP contribution in [0.3, 0.4) is 0 Å². The van der Waals surface area contributed by atoms with E-state index < -0.39 is 11.6 Å². The second kappa shape index (κ2) is 4.22. The Hall–Kier alpha value is -2.23. The predicted octanol–water partition coefficient (Wildman–Crippen LogP) is 3.43. The lowest BCUT2D eigenvalue weighted by molar-refractivity contribution is 0.580. The Bertz CT molecular complexity index is 684. The number of halogens is 2. The number of fused-ring (bicyclic) bond motifs is 1. The minimum atomic E-state index is -0.555. The molecule has 0 unspecified atom stereocenters. The average Bonchev–Trinajstić information content (AvgIpc) is 2.74. The first kappa shape index (κ1) is 10.9. The molecule has 0 atom stereocenters. The number of pyridine rings is 1. The van der Waals surface area contributed by atoms with Crippen LogP contribution in [0.4, 0.5) is 8.78 Å². The molecule has 0 radical (unpaired) electrons. The summed E-state index contributed by atoms with van der Waals surface area (Å²) in [5.74, 6) is -1.11. The van der Waals surface area contributed by atoms with E-state index in [1.807, 2.05) is 18.3 Å². The van der Waals surface area contributed by atoms with Crippen molar-refractivity contribution in [2.45, 2.75) is 6.42 Å². The molecular formula is C14H10F2N2. The standard InChI is InChI=1S/C14H10F2N2/c15-12-5-9(6-13(16)7-12)3-10-4-11-1-2-17-14(11)18-8-10/h1-2,4-8H,3H2,(H,17,18). The van der Waals surface area contributed by atoms with E-state index in [1.54, 1.807) is 6.20 Å². The molecule has 2 nitrogen and oxygen atoms in total. The fourth-order valence-corrected chi connectivity index (χ4v) is 2.03. The number of aromatic nitrogens is 2. The molecule has 0 aliphatic carbocycles. The largest absolute Gasteiger partial charge is 0.346 e. The van der Waals surface area contributed by atoms with Crippen LogP contribution in [0.15, 0.2) is 42.7 Å². The number of aromatic amines is 1. The number of benzene rings is 1. The molecule has 0 aliphatic heterocycles. The molecule has 0 aliphatic rings. The van der Waals surface area contributed by atoms with Gasteiger partial charge >= 0.3 is 0 Å². The molecule has 3 rings (SSSR count). The van der Waals surface area contributed by atoms with Crippen molar-refractivity contribution in [1.82, 2.24) is 9.97 Å². The van der Waals surface area contributed by atoms with Crippen LogP contribution in [0, 0.1) is 11.6 Å². The molecule has 3 aromatic rings. The van der Waals surface area contributed by atoms with Crippen molar-refractivity contribution in [3.63, 3.8) is 0 Å². The van der Waals surface area contributed by atoms with E-state index in [1.165, 1.54) is 12.1 Å². The van der Waals surface area contributed by atoms with Crippen LogP contribution in [0.25, 0.3) is 11.0 Å². The second-order valence-electron chi connectivity index (χ2n) is 4.21. The van der Waals surface area contributed by atoms with Gasteiger partial charge in [-0.25, -0.2) is 13.8 Å². The molecule has 0 saturated carbocycles. The third-order valence-electron chi connectivity index (χ3n) is 2.79. The zero-order valence-electron chi connectivity index (χ0n) is 9.45. The highest BCUT2D eigenvalue weighted by molar-refractivity contribution is 5.75. The SMILES string of the molecule is Fc1cc(F)cc(Cc2cnc3[nH]ccc3c2)c1. The number of nitrogens with one attached hydrogen (secondary N) is 1. The Morgan fingerprint density at radius 1 is 1.00 bits per heavy atom. The molecule has 0 fully saturated rings. The predicted molar refractivity (Wildman–Crippen MR) is 65.3 cm³/mol. The highest BCUT2D eigenvalue weighted by Gasteiger charge is 2.04. The second-order valence-corrected chi connectivity index (χ2v) is 4.21. The highest BCUT2D eigenvalue weighted by Crippen LogP contribution is 2.16. The maximum Gasteiger partial charge on any atom is 0.137 e. The summed E-state index contributed by atoms with van der Waals surface area (Å²) < 4.78 is 26.1. The quantitative estimate of drug-likeness (QED) is 0.735.